The first-order chi connectivity index (χ1) is 8.00. The van der Waals surface area contributed by atoms with Gasteiger partial charge in [0.2, 0.25) is 0 Å². The smallest absolute Gasteiger partial charge is 0.167 e. The fourth-order valence-corrected chi connectivity index (χ4v) is 1.55. The molecule has 1 N–H and O–H groups in total. The van der Waals surface area contributed by atoms with E-state index in [9.17, 15) is 4.39 Å². The van der Waals surface area contributed by atoms with E-state index in [4.69, 9.17) is 4.74 Å². The lowest BCUT2D eigenvalue weighted by molar-refractivity contribution is 0.206. The molecule has 96 valence electrons. The molecular formula is C14H22FNO. The van der Waals surface area contributed by atoms with E-state index in [2.05, 4.69) is 19.2 Å². The van der Waals surface area contributed by atoms with Crippen LogP contribution in [0.4, 0.5) is 4.39 Å². The minimum Gasteiger partial charge on any atom is -0.486 e. The molecule has 3 heteroatoms. The number of halogens is 1. The molecule has 0 radical (unpaired) electrons. The molecule has 1 aromatic rings. The summed E-state index contributed by atoms with van der Waals surface area (Å²) >= 11 is 0. The number of benzene rings is 1. The Morgan fingerprint density at radius 1 is 1.24 bits per heavy atom. The lowest BCUT2D eigenvalue weighted by Gasteiger charge is -2.17. The first-order valence-electron chi connectivity index (χ1n) is 6.13. The van der Waals surface area contributed by atoms with Crippen molar-refractivity contribution in [3.8, 4) is 5.75 Å². The molecule has 0 amide bonds. The fraction of sp³-hybridized carbons (Fsp3) is 0.571. The third kappa shape index (κ3) is 4.73. The van der Waals surface area contributed by atoms with Gasteiger partial charge in [-0.05, 0) is 37.9 Å². The standard InChI is InChI=1S/C14H22FNO/c1-10(2)8-16-9-12(4)17-13-7-5-6-11(3)14(13)15/h5-7,10,12,16H,8-9H2,1-4H3. The molecule has 2 nitrogen and oxygen atoms in total. The SMILES string of the molecule is Cc1cccc(OC(C)CNCC(C)C)c1F. The highest BCUT2D eigenvalue weighted by atomic mass is 19.1. The van der Waals surface area contributed by atoms with Crippen LogP contribution in [0.25, 0.3) is 0 Å². The molecule has 0 spiro atoms. The molecule has 17 heavy (non-hydrogen) atoms. The predicted molar refractivity (Wildman–Crippen MR) is 68.9 cm³/mol. The van der Waals surface area contributed by atoms with Gasteiger partial charge in [0.15, 0.2) is 11.6 Å². The number of aryl methyl sites for hydroxylation is 1. The van der Waals surface area contributed by atoms with Crippen molar-refractivity contribution in [3.05, 3.63) is 29.6 Å². The predicted octanol–water partition coefficient (Wildman–Crippen LogP) is 3.15. The van der Waals surface area contributed by atoms with Gasteiger partial charge in [-0.25, -0.2) is 4.39 Å². The van der Waals surface area contributed by atoms with Crippen molar-refractivity contribution < 1.29 is 9.13 Å². The van der Waals surface area contributed by atoms with Crippen LogP contribution in [0.15, 0.2) is 18.2 Å². The molecule has 0 saturated heterocycles. The number of hydrogen-bond donors (Lipinski definition) is 1. The van der Waals surface area contributed by atoms with E-state index >= 15 is 0 Å². The van der Waals surface area contributed by atoms with Crippen LogP contribution in [-0.2, 0) is 0 Å². The highest BCUT2D eigenvalue weighted by molar-refractivity contribution is 5.30. The van der Waals surface area contributed by atoms with Gasteiger partial charge in [0.25, 0.3) is 0 Å². The zero-order chi connectivity index (χ0) is 12.8. The quantitative estimate of drug-likeness (QED) is 0.823. The summed E-state index contributed by atoms with van der Waals surface area (Å²) in [5.41, 5.74) is 0.616. The van der Waals surface area contributed by atoms with Gasteiger partial charge in [-0.1, -0.05) is 26.0 Å². The van der Waals surface area contributed by atoms with Gasteiger partial charge in [-0.15, -0.1) is 0 Å². The monoisotopic (exact) mass is 239 g/mol. The van der Waals surface area contributed by atoms with Crippen LogP contribution < -0.4 is 10.1 Å². The number of hydrogen-bond acceptors (Lipinski definition) is 2. The first-order valence-corrected chi connectivity index (χ1v) is 6.13. The van der Waals surface area contributed by atoms with Crippen LogP contribution >= 0.6 is 0 Å². The summed E-state index contributed by atoms with van der Waals surface area (Å²) in [6.07, 6.45) is -0.0370. The maximum absolute atomic E-state index is 13.7. The van der Waals surface area contributed by atoms with Gasteiger partial charge in [0, 0.05) is 6.54 Å². The summed E-state index contributed by atoms with van der Waals surface area (Å²) in [6.45, 7) is 9.66. The van der Waals surface area contributed by atoms with Crippen LogP contribution in [0.1, 0.15) is 26.3 Å². The molecule has 0 aromatic heterocycles. The maximum Gasteiger partial charge on any atom is 0.167 e. The fourth-order valence-electron chi connectivity index (χ4n) is 1.55. The highest BCUT2D eigenvalue weighted by Gasteiger charge is 2.09. The Kier molecular flexibility index (Phi) is 5.42. The van der Waals surface area contributed by atoms with Gasteiger partial charge in [-0.3, -0.25) is 0 Å². The molecule has 0 aliphatic rings. The Morgan fingerprint density at radius 3 is 2.59 bits per heavy atom. The second-order valence-electron chi connectivity index (χ2n) is 4.87. The molecule has 1 rings (SSSR count). The van der Waals surface area contributed by atoms with E-state index in [1.165, 1.54) is 0 Å². The molecule has 1 aromatic carbocycles. The van der Waals surface area contributed by atoms with Crippen molar-refractivity contribution in [1.82, 2.24) is 5.32 Å². The van der Waals surface area contributed by atoms with Crippen LogP contribution in [0.2, 0.25) is 0 Å². The average molecular weight is 239 g/mol. The number of rotatable bonds is 6. The van der Waals surface area contributed by atoms with E-state index in [1.54, 1.807) is 19.1 Å². The minimum absolute atomic E-state index is 0.0370. The highest BCUT2D eigenvalue weighted by Crippen LogP contribution is 2.20. The summed E-state index contributed by atoms with van der Waals surface area (Å²) in [4.78, 5) is 0. The third-order valence-corrected chi connectivity index (χ3v) is 2.47. The summed E-state index contributed by atoms with van der Waals surface area (Å²) in [5.74, 6) is 0.685. The van der Waals surface area contributed by atoms with Crippen LogP contribution in [0.3, 0.4) is 0 Å². The zero-order valence-corrected chi connectivity index (χ0v) is 11.1. The van der Waals surface area contributed by atoms with Crippen molar-refractivity contribution in [1.29, 1.82) is 0 Å². The molecule has 0 fully saturated rings. The third-order valence-electron chi connectivity index (χ3n) is 2.47. The van der Waals surface area contributed by atoms with E-state index in [-0.39, 0.29) is 11.9 Å². The van der Waals surface area contributed by atoms with Crippen LogP contribution in [0.5, 0.6) is 5.75 Å². The Balaban J connectivity index is 2.45. The summed E-state index contributed by atoms with van der Waals surface area (Å²) in [6, 6.07) is 5.22. The molecule has 0 aliphatic carbocycles. The van der Waals surface area contributed by atoms with Gasteiger partial charge in [0.1, 0.15) is 6.10 Å². The van der Waals surface area contributed by atoms with Gasteiger partial charge >= 0.3 is 0 Å². The second kappa shape index (κ2) is 6.60. The summed E-state index contributed by atoms with van der Waals surface area (Å²) in [7, 11) is 0. The summed E-state index contributed by atoms with van der Waals surface area (Å²) < 4.78 is 19.2. The van der Waals surface area contributed by atoms with Crippen LogP contribution in [-0.4, -0.2) is 19.2 Å². The largest absolute Gasteiger partial charge is 0.486 e. The first kappa shape index (κ1) is 14.0. The lowest BCUT2D eigenvalue weighted by atomic mass is 10.2. The number of ether oxygens (including phenoxy) is 1. The molecular weight excluding hydrogens is 217 g/mol. The molecule has 1 unspecified atom stereocenters. The Morgan fingerprint density at radius 2 is 1.94 bits per heavy atom. The van der Waals surface area contributed by atoms with Gasteiger partial charge in [0.05, 0.1) is 0 Å². The maximum atomic E-state index is 13.7. The Hall–Kier alpha value is -1.09. The van der Waals surface area contributed by atoms with E-state index < -0.39 is 0 Å². The van der Waals surface area contributed by atoms with Crippen molar-refractivity contribution in [2.24, 2.45) is 5.92 Å². The van der Waals surface area contributed by atoms with Crippen molar-refractivity contribution in [2.75, 3.05) is 13.1 Å². The normalized spacial score (nSPS) is 12.8. The van der Waals surface area contributed by atoms with E-state index in [0.29, 0.717) is 17.2 Å². The molecule has 0 bridgehead atoms. The number of nitrogens with one attached hydrogen (secondary N) is 1. The molecule has 0 saturated carbocycles. The van der Waals surface area contributed by atoms with Crippen molar-refractivity contribution >= 4 is 0 Å². The van der Waals surface area contributed by atoms with E-state index in [1.807, 2.05) is 13.0 Å². The summed E-state index contributed by atoms with van der Waals surface area (Å²) in [5, 5.41) is 3.29. The minimum atomic E-state index is -0.261. The Labute approximate surface area is 103 Å². The average Bonchev–Trinajstić information content (AvgIpc) is 2.24. The van der Waals surface area contributed by atoms with E-state index in [0.717, 1.165) is 13.1 Å². The van der Waals surface area contributed by atoms with Crippen molar-refractivity contribution in [2.45, 2.75) is 33.8 Å². The van der Waals surface area contributed by atoms with Crippen molar-refractivity contribution in [3.63, 3.8) is 0 Å². The molecule has 0 aliphatic heterocycles. The zero-order valence-electron chi connectivity index (χ0n) is 11.1. The Bertz CT molecular complexity index is 352. The van der Waals surface area contributed by atoms with Gasteiger partial charge in [-0.2, -0.15) is 0 Å². The second-order valence-corrected chi connectivity index (χ2v) is 4.87. The topological polar surface area (TPSA) is 21.3 Å². The van der Waals surface area contributed by atoms with Gasteiger partial charge < -0.3 is 10.1 Å². The molecule has 0 heterocycles. The molecule has 1 atom stereocenters. The van der Waals surface area contributed by atoms with Crippen LogP contribution in [0, 0.1) is 18.7 Å². The lowest BCUT2D eigenvalue weighted by Crippen LogP contribution is -2.31.